The van der Waals surface area contributed by atoms with Crippen molar-refractivity contribution >= 4 is 33.2 Å². The summed E-state index contributed by atoms with van der Waals surface area (Å²) in [5.41, 5.74) is 1.93. The first-order chi connectivity index (χ1) is 9.24. The van der Waals surface area contributed by atoms with Gasteiger partial charge in [0.15, 0.2) is 11.5 Å². The highest BCUT2D eigenvalue weighted by molar-refractivity contribution is 9.10. The number of hydrogen-bond donors (Lipinski definition) is 1. The monoisotopic (exact) mass is 339 g/mol. The van der Waals surface area contributed by atoms with Crippen molar-refractivity contribution in [3.63, 3.8) is 0 Å². The van der Waals surface area contributed by atoms with E-state index < -0.39 is 0 Å². The quantitative estimate of drug-likeness (QED) is 0.896. The molecule has 0 aliphatic carbocycles. The van der Waals surface area contributed by atoms with E-state index in [2.05, 4.69) is 21.2 Å². The summed E-state index contributed by atoms with van der Waals surface area (Å²) in [4.78, 5) is 0. The van der Waals surface area contributed by atoms with Crippen LogP contribution in [0, 0.1) is 0 Å². The Balaban J connectivity index is 1.80. The first-order valence-corrected chi connectivity index (χ1v) is 6.97. The van der Waals surface area contributed by atoms with Crippen LogP contribution >= 0.6 is 27.5 Å². The number of hydrogen-bond acceptors (Lipinski definition) is 3. The van der Waals surface area contributed by atoms with Crippen molar-refractivity contribution in [1.82, 2.24) is 0 Å². The van der Waals surface area contributed by atoms with Gasteiger partial charge in [-0.15, -0.1) is 0 Å². The van der Waals surface area contributed by atoms with E-state index in [4.69, 9.17) is 21.1 Å². The zero-order valence-electron chi connectivity index (χ0n) is 9.95. The van der Waals surface area contributed by atoms with Crippen molar-refractivity contribution in [2.75, 3.05) is 12.1 Å². The molecular formula is C14H11BrClNO2. The molecule has 1 aliphatic heterocycles. The summed E-state index contributed by atoms with van der Waals surface area (Å²) in [6, 6.07) is 11.6. The van der Waals surface area contributed by atoms with E-state index >= 15 is 0 Å². The van der Waals surface area contributed by atoms with Crippen LogP contribution in [0.4, 0.5) is 5.69 Å². The largest absolute Gasteiger partial charge is 0.454 e. The summed E-state index contributed by atoms with van der Waals surface area (Å²) in [7, 11) is 0. The van der Waals surface area contributed by atoms with Crippen molar-refractivity contribution < 1.29 is 9.47 Å². The zero-order chi connectivity index (χ0) is 13.2. The summed E-state index contributed by atoms with van der Waals surface area (Å²) >= 11 is 9.57. The first kappa shape index (κ1) is 12.6. The molecule has 0 atom stereocenters. The van der Waals surface area contributed by atoms with Crippen molar-refractivity contribution in [1.29, 1.82) is 0 Å². The van der Waals surface area contributed by atoms with Gasteiger partial charge in [0, 0.05) is 16.6 Å². The Labute approximate surface area is 124 Å². The molecule has 0 aromatic heterocycles. The molecular weight excluding hydrogens is 330 g/mol. The van der Waals surface area contributed by atoms with Gasteiger partial charge in [0.1, 0.15) is 0 Å². The molecule has 1 N–H and O–H groups in total. The molecule has 5 heteroatoms. The van der Waals surface area contributed by atoms with Crippen LogP contribution in [0.2, 0.25) is 5.02 Å². The SMILES string of the molecule is Clc1ccc(Br)cc1NCc1cccc2c1OCO2. The average molecular weight is 341 g/mol. The lowest BCUT2D eigenvalue weighted by atomic mass is 10.2. The second-order valence-corrected chi connectivity index (χ2v) is 5.45. The third-order valence-electron chi connectivity index (χ3n) is 2.88. The number of benzene rings is 2. The van der Waals surface area contributed by atoms with Crippen molar-refractivity contribution in [3.8, 4) is 11.5 Å². The highest BCUT2D eigenvalue weighted by atomic mass is 79.9. The van der Waals surface area contributed by atoms with Crippen LogP contribution in [-0.2, 0) is 6.54 Å². The average Bonchev–Trinajstić information content (AvgIpc) is 2.88. The molecule has 0 spiro atoms. The topological polar surface area (TPSA) is 30.5 Å². The summed E-state index contributed by atoms with van der Waals surface area (Å²) < 4.78 is 11.8. The number of para-hydroxylation sites is 1. The smallest absolute Gasteiger partial charge is 0.231 e. The van der Waals surface area contributed by atoms with E-state index in [0.29, 0.717) is 11.6 Å². The fraction of sp³-hybridized carbons (Fsp3) is 0.143. The lowest BCUT2D eigenvalue weighted by Crippen LogP contribution is -2.01. The number of halogens is 2. The number of ether oxygens (including phenoxy) is 2. The minimum absolute atomic E-state index is 0.282. The van der Waals surface area contributed by atoms with Gasteiger partial charge >= 0.3 is 0 Å². The second-order valence-electron chi connectivity index (χ2n) is 4.13. The third kappa shape index (κ3) is 2.65. The molecule has 0 bridgehead atoms. The van der Waals surface area contributed by atoms with Crippen molar-refractivity contribution in [2.24, 2.45) is 0 Å². The number of anilines is 1. The van der Waals surface area contributed by atoms with Gasteiger partial charge in [0.25, 0.3) is 0 Å². The molecule has 0 fully saturated rings. The summed E-state index contributed by atoms with van der Waals surface area (Å²) in [5, 5.41) is 3.99. The predicted octanol–water partition coefficient (Wildman–Crippen LogP) is 4.44. The molecule has 2 aromatic rings. The van der Waals surface area contributed by atoms with Gasteiger partial charge in [0.05, 0.1) is 10.7 Å². The van der Waals surface area contributed by atoms with Crippen LogP contribution in [-0.4, -0.2) is 6.79 Å². The van der Waals surface area contributed by atoms with Gasteiger partial charge < -0.3 is 14.8 Å². The number of rotatable bonds is 3. The maximum Gasteiger partial charge on any atom is 0.231 e. The molecule has 0 saturated carbocycles. The van der Waals surface area contributed by atoms with E-state index in [1.54, 1.807) is 0 Å². The maximum absolute atomic E-state index is 6.14. The van der Waals surface area contributed by atoms with Gasteiger partial charge in [-0.3, -0.25) is 0 Å². The van der Waals surface area contributed by atoms with Crippen LogP contribution < -0.4 is 14.8 Å². The Morgan fingerprint density at radius 3 is 3.00 bits per heavy atom. The molecule has 98 valence electrons. The molecule has 1 aliphatic rings. The molecule has 0 saturated heterocycles. The van der Waals surface area contributed by atoms with Crippen molar-refractivity contribution in [2.45, 2.75) is 6.54 Å². The number of nitrogens with one attached hydrogen (secondary N) is 1. The van der Waals surface area contributed by atoms with Crippen LogP contribution in [0.5, 0.6) is 11.5 Å². The number of fused-ring (bicyclic) bond motifs is 1. The Morgan fingerprint density at radius 1 is 1.21 bits per heavy atom. The molecule has 0 unspecified atom stereocenters. The van der Waals surface area contributed by atoms with Crippen LogP contribution in [0.25, 0.3) is 0 Å². The summed E-state index contributed by atoms with van der Waals surface area (Å²) in [6.45, 7) is 0.909. The van der Waals surface area contributed by atoms with Crippen LogP contribution in [0.15, 0.2) is 40.9 Å². The fourth-order valence-electron chi connectivity index (χ4n) is 1.95. The van der Waals surface area contributed by atoms with Crippen LogP contribution in [0.3, 0.4) is 0 Å². The molecule has 0 amide bonds. The van der Waals surface area contributed by atoms with E-state index in [1.165, 1.54) is 0 Å². The Bertz CT molecular complexity index is 618. The molecule has 19 heavy (non-hydrogen) atoms. The lowest BCUT2D eigenvalue weighted by molar-refractivity contribution is 0.173. The minimum atomic E-state index is 0.282. The fourth-order valence-corrected chi connectivity index (χ4v) is 2.50. The normalized spacial score (nSPS) is 12.5. The van der Waals surface area contributed by atoms with Crippen molar-refractivity contribution in [3.05, 3.63) is 51.5 Å². The second kappa shape index (κ2) is 5.31. The standard InChI is InChI=1S/C14H11BrClNO2/c15-10-4-5-11(16)12(6-10)17-7-9-2-1-3-13-14(9)19-8-18-13/h1-6,17H,7-8H2. The summed E-state index contributed by atoms with van der Waals surface area (Å²) in [5.74, 6) is 1.60. The van der Waals surface area contributed by atoms with Gasteiger partial charge in [-0.2, -0.15) is 0 Å². The third-order valence-corrected chi connectivity index (χ3v) is 3.70. The minimum Gasteiger partial charge on any atom is -0.454 e. The van der Waals surface area contributed by atoms with Gasteiger partial charge in [-0.25, -0.2) is 0 Å². The molecule has 0 radical (unpaired) electrons. The van der Waals surface area contributed by atoms with E-state index in [0.717, 1.165) is 27.2 Å². The molecule has 3 nitrogen and oxygen atoms in total. The first-order valence-electron chi connectivity index (χ1n) is 5.80. The predicted molar refractivity (Wildman–Crippen MR) is 79.0 cm³/mol. The molecule has 2 aromatic carbocycles. The van der Waals surface area contributed by atoms with E-state index in [9.17, 15) is 0 Å². The van der Waals surface area contributed by atoms with Gasteiger partial charge in [-0.05, 0) is 24.3 Å². The maximum atomic E-state index is 6.14. The van der Waals surface area contributed by atoms with E-state index in [1.807, 2.05) is 36.4 Å². The summed E-state index contributed by atoms with van der Waals surface area (Å²) in [6.07, 6.45) is 0. The van der Waals surface area contributed by atoms with Crippen LogP contribution in [0.1, 0.15) is 5.56 Å². The zero-order valence-corrected chi connectivity index (χ0v) is 12.3. The van der Waals surface area contributed by atoms with E-state index in [-0.39, 0.29) is 6.79 Å². The Kier molecular flexibility index (Phi) is 3.53. The Hall–Kier alpha value is -1.39. The Morgan fingerprint density at radius 2 is 2.11 bits per heavy atom. The highest BCUT2D eigenvalue weighted by Crippen LogP contribution is 2.36. The molecule has 3 rings (SSSR count). The highest BCUT2D eigenvalue weighted by Gasteiger charge is 2.16. The lowest BCUT2D eigenvalue weighted by Gasteiger charge is -2.10. The molecule has 1 heterocycles. The van der Waals surface area contributed by atoms with Gasteiger partial charge in [0.2, 0.25) is 6.79 Å². The van der Waals surface area contributed by atoms with Gasteiger partial charge in [-0.1, -0.05) is 39.7 Å².